The Kier molecular flexibility index (Phi) is 4.69. The first-order valence-electron chi connectivity index (χ1n) is 5.45. The Bertz CT molecular complexity index is 540. The van der Waals surface area contributed by atoms with Gasteiger partial charge in [-0.05, 0) is 31.0 Å². The quantitative estimate of drug-likeness (QED) is 0.515. The lowest BCUT2D eigenvalue weighted by atomic mass is 10.1. The zero-order valence-corrected chi connectivity index (χ0v) is 11.0. The first-order valence-corrected chi connectivity index (χ1v) is 7.16. The smallest absolute Gasteiger partial charge is 0.251 e. The molecule has 0 spiro atoms. The summed E-state index contributed by atoms with van der Waals surface area (Å²) in [7, 11) is -3.47. The summed E-state index contributed by atoms with van der Waals surface area (Å²) in [6, 6.07) is 5.08. The standard InChI is InChI=1S/C11H17N3O3S/c1-8-9(4-2-5-10(8)12)11(15)14-6-3-7-18(13,16)17/h2,4-5H,3,6-7,12H2,1H3,(H,14,15)(H2,13,16,17). The topological polar surface area (TPSA) is 115 Å². The van der Waals surface area contributed by atoms with Gasteiger partial charge in [0.2, 0.25) is 10.0 Å². The molecule has 0 radical (unpaired) electrons. The summed E-state index contributed by atoms with van der Waals surface area (Å²) in [4.78, 5) is 11.8. The fourth-order valence-corrected chi connectivity index (χ4v) is 2.02. The van der Waals surface area contributed by atoms with Gasteiger partial charge in [0.25, 0.3) is 5.91 Å². The predicted molar refractivity (Wildman–Crippen MR) is 70.5 cm³/mol. The van der Waals surface area contributed by atoms with Crippen LogP contribution in [0.25, 0.3) is 0 Å². The molecule has 100 valence electrons. The molecule has 7 heteroatoms. The van der Waals surface area contributed by atoms with E-state index in [0.29, 0.717) is 16.8 Å². The first kappa shape index (κ1) is 14.5. The molecule has 0 saturated heterocycles. The summed E-state index contributed by atoms with van der Waals surface area (Å²) >= 11 is 0. The second-order valence-electron chi connectivity index (χ2n) is 4.00. The van der Waals surface area contributed by atoms with Crippen LogP contribution in [-0.2, 0) is 10.0 Å². The van der Waals surface area contributed by atoms with E-state index in [1.807, 2.05) is 0 Å². The van der Waals surface area contributed by atoms with Gasteiger partial charge in [0, 0.05) is 17.8 Å². The second-order valence-corrected chi connectivity index (χ2v) is 5.73. The van der Waals surface area contributed by atoms with Crippen molar-refractivity contribution in [2.24, 2.45) is 5.14 Å². The zero-order chi connectivity index (χ0) is 13.8. The second kappa shape index (κ2) is 5.83. The van der Waals surface area contributed by atoms with Crippen molar-refractivity contribution in [2.45, 2.75) is 13.3 Å². The Morgan fingerprint density at radius 1 is 1.39 bits per heavy atom. The average molecular weight is 271 g/mol. The number of nitrogens with two attached hydrogens (primary N) is 2. The Labute approximate surface area is 106 Å². The summed E-state index contributed by atoms with van der Waals surface area (Å²) in [5, 5.41) is 7.48. The van der Waals surface area contributed by atoms with Crippen molar-refractivity contribution in [3.05, 3.63) is 29.3 Å². The number of carbonyl (C=O) groups is 1. The molecule has 1 rings (SSSR count). The molecule has 1 aromatic carbocycles. The number of rotatable bonds is 5. The van der Waals surface area contributed by atoms with E-state index in [-0.39, 0.29) is 24.6 Å². The Hall–Kier alpha value is -1.60. The van der Waals surface area contributed by atoms with Gasteiger partial charge in [0.1, 0.15) is 0 Å². The summed E-state index contributed by atoms with van der Waals surface area (Å²) in [6.45, 7) is 2.01. The molecule has 6 nitrogen and oxygen atoms in total. The van der Waals surface area contributed by atoms with Crippen molar-refractivity contribution in [1.82, 2.24) is 5.32 Å². The van der Waals surface area contributed by atoms with Crippen LogP contribution in [0.5, 0.6) is 0 Å². The van der Waals surface area contributed by atoms with Crippen molar-refractivity contribution in [3.8, 4) is 0 Å². The molecule has 0 heterocycles. The van der Waals surface area contributed by atoms with Crippen LogP contribution in [0.2, 0.25) is 0 Å². The summed E-state index contributed by atoms with van der Waals surface area (Å²) < 4.78 is 21.4. The largest absolute Gasteiger partial charge is 0.398 e. The van der Waals surface area contributed by atoms with Gasteiger partial charge in [0.15, 0.2) is 0 Å². The third kappa shape index (κ3) is 4.34. The van der Waals surface area contributed by atoms with Gasteiger partial charge in [-0.15, -0.1) is 0 Å². The van der Waals surface area contributed by atoms with E-state index in [1.54, 1.807) is 25.1 Å². The van der Waals surface area contributed by atoms with E-state index in [2.05, 4.69) is 5.32 Å². The number of carbonyl (C=O) groups excluding carboxylic acids is 1. The molecule has 0 atom stereocenters. The lowest BCUT2D eigenvalue weighted by molar-refractivity contribution is 0.0953. The molecule has 0 aliphatic heterocycles. The molecule has 18 heavy (non-hydrogen) atoms. The average Bonchev–Trinajstić information content (AvgIpc) is 2.26. The van der Waals surface area contributed by atoms with Crippen molar-refractivity contribution < 1.29 is 13.2 Å². The normalized spacial score (nSPS) is 11.2. The van der Waals surface area contributed by atoms with Crippen LogP contribution >= 0.6 is 0 Å². The molecule has 0 saturated carbocycles. The highest BCUT2D eigenvalue weighted by Crippen LogP contribution is 2.15. The number of hydrogen-bond donors (Lipinski definition) is 3. The number of nitrogen functional groups attached to an aromatic ring is 1. The number of primary sulfonamides is 1. The summed E-state index contributed by atoms with van der Waals surface area (Å²) in [6.07, 6.45) is 0.284. The first-order chi connectivity index (χ1) is 8.31. The van der Waals surface area contributed by atoms with Gasteiger partial charge >= 0.3 is 0 Å². The van der Waals surface area contributed by atoms with E-state index in [0.717, 1.165) is 0 Å². The Morgan fingerprint density at radius 3 is 2.67 bits per heavy atom. The highest BCUT2D eigenvalue weighted by Gasteiger charge is 2.10. The number of benzene rings is 1. The van der Waals surface area contributed by atoms with Gasteiger partial charge in [-0.25, -0.2) is 13.6 Å². The molecular weight excluding hydrogens is 254 g/mol. The minimum Gasteiger partial charge on any atom is -0.398 e. The minimum absolute atomic E-state index is 0.150. The van der Waals surface area contributed by atoms with Gasteiger partial charge in [0.05, 0.1) is 5.75 Å². The highest BCUT2D eigenvalue weighted by atomic mass is 32.2. The highest BCUT2D eigenvalue weighted by molar-refractivity contribution is 7.89. The molecule has 0 aromatic heterocycles. The lowest BCUT2D eigenvalue weighted by Gasteiger charge is -2.08. The van der Waals surface area contributed by atoms with Gasteiger partial charge in [-0.3, -0.25) is 4.79 Å². The molecule has 0 bridgehead atoms. The van der Waals surface area contributed by atoms with Crippen molar-refractivity contribution in [1.29, 1.82) is 0 Å². The summed E-state index contributed by atoms with van der Waals surface area (Å²) in [5.41, 5.74) is 7.44. The summed E-state index contributed by atoms with van der Waals surface area (Å²) in [5.74, 6) is -0.419. The zero-order valence-electron chi connectivity index (χ0n) is 10.1. The van der Waals surface area contributed by atoms with E-state index < -0.39 is 10.0 Å². The van der Waals surface area contributed by atoms with Crippen molar-refractivity contribution in [3.63, 3.8) is 0 Å². The number of sulfonamides is 1. The molecule has 1 aromatic rings. The van der Waals surface area contributed by atoms with Gasteiger partial charge in [-0.1, -0.05) is 6.07 Å². The Balaban J connectivity index is 2.54. The van der Waals surface area contributed by atoms with Crippen molar-refractivity contribution in [2.75, 3.05) is 18.0 Å². The SMILES string of the molecule is Cc1c(N)cccc1C(=O)NCCCS(N)(=O)=O. The molecular formula is C11H17N3O3S. The predicted octanol–water partition coefficient (Wildman–Crippen LogP) is -0.0144. The maximum atomic E-state index is 11.8. The third-order valence-electron chi connectivity index (χ3n) is 2.51. The maximum Gasteiger partial charge on any atom is 0.251 e. The van der Waals surface area contributed by atoms with E-state index >= 15 is 0 Å². The Morgan fingerprint density at radius 2 is 2.06 bits per heavy atom. The molecule has 5 N–H and O–H groups in total. The number of anilines is 1. The van der Waals surface area contributed by atoms with Crippen LogP contribution in [0, 0.1) is 6.92 Å². The molecule has 1 amide bonds. The van der Waals surface area contributed by atoms with Gasteiger partial charge < -0.3 is 11.1 Å². The van der Waals surface area contributed by atoms with Crippen molar-refractivity contribution >= 4 is 21.6 Å². The van der Waals surface area contributed by atoms with E-state index in [1.165, 1.54) is 0 Å². The maximum absolute atomic E-state index is 11.8. The third-order valence-corrected chi connectivity index (χ3v) is 3.37. The fraction of sp³-hybridized carbons (Fsp3) is 0.364. The van der Waals surface area contributed by atoms with Crippen LogP contribution in [0.3, 0.4) is 0 Å². The van der Waals surface area contributed by atoms with E-state index in [4.69, 9.17) is 10.9 Å². The van der Waals surface area contributed by atoms with E-state index in [9.17, 15) is 13.2 Å². The molecule has 0 aliphatic carbocycles. The van der Waals surface area contributed by atoms with Gasteiger partial charge in [-0.2, -0.15) is 0 Å². The number of hydrogen-bond acceptors (Lipinski definition) is 4. The van der Waals surface area contributed by atoms with Crippen LogP contribution in [0.15, 0.2) is 18.2 Å². The fourth-order valence-electron chi connectivity index (χ4n) is 1.47. The number of nitrogens with one attached hydrogen (secondary N) is 1. The number of amides is 1. The molecule has 0 aliphatic rings. The van der Waals surface area contributed by atoms with Crippen LogP contribution in [0.4, 0.5) is 5.69 Å². The monoisotopic (exact) mass is 271 g/mol. The lowest BCUT2D eigenvalue weighted by Crippen LogP contribution is -2.28. The molecule has 0 fully saturated rings. The minimum atomic E-state index is -3.47. The van der Waals surface area contributed by atoms with Crippen LogP contribution in [-0.4, -0.2) is 26.6 Å². The molecule has 0 unspecified atom stereocenters. The van der Waals surface area contributed by atoms with Crippen LogP contribution < -0.4 is 16.2 Å². The van der Waals surface area contributed by atoms with Crippen LogP contribution in [0.1, 0.15) is 22.3 Å².